The Labute approximate surface area is 120 Å². The molecule has 1 saturated carbocycles. The highest BCUT2D eigenvalue weighted by molar-refractivity contribution is 5.37. The summed E-state index contributed by atoms with van der Waals surface area (Å²) < 4.78 is 0. The van der Waals surface area contributed by atoms with Gasteiger partial charge in [-0.1, -0.05) is 13.8 Å². The van der Waals surface area contributed by atoms with Crippen molar-refractivity contribution >= 4 is 11.9 Å². The molecule has 2 heterocycles. The fraction of sp³-hybridized carbons (Fsp3) is 0.786. The SMILES string of the molecule is CC(C)c1nc(N[C@@H]2C[C@@H]3CN[C@H]2C3)nc(N(C)C)n1. The van der Waals surface area contributed by atoms with E-state index in [4.69, 9.17) is 0 Å². The molecule has 1 aromatic rings. The number of nitrogens with zero attached hydrogens (tertiary/aromatic N) is 4. The molecule has 2 aliphatic rings. The first-order valence-electron chi connectivity index (χ1n) is 7.46. The van der Waals surface area contributed by atoms with Gasteiger partial charge in [0.2, 0.25) is 11.9 Å². The van der Waals surface area contributed by atoms with Gasteiger partial charge in [0.15, 0.2) is 0 Å². The molecule has 6 heteroatoms. The summed E-state index contributed by atoms with van der Waals surface area (Å²) in [4.78, 5) is 15.5. The lowest BCUT2D eigenvalue weighted by Crippen LogP contribution is -2.41. The molecule has 1 saturated heterocycles. The molecule has 110 valence electrons. The highest BCUT2D eigenvalue weighted by atomic mass is 15.3. The van der Waals surface area contributed by atoms with Crippen molar-refractivity contribution in [1.29, 1.82) is 0 Å². The number of rotatable bonds is 4. The van der Waals surface area contributed by atoms with Gasteiger partial charge in [0, 0.05) is 32.1 Å². The van der Waals surface area contributed by atoms with Crippen LogP contribution in [0.1, 0.15) is 38.4 Å². The van der Waals surface area contributed by atoms with Crippen LogP contribution in [0.3, 0.4) is 0 Å². The zero-order valence-corrected chi connectivity index (χ0v) is 12.7. The van der Waals surface area contributed by atoms with Crippen LogP contribution in [0.4, 0.5) is 11.9 Å². The summed E-state index contributed by atoms with van der Waals surface area (Å²) in [7, 11) is 3.92. The largest absolute Gasteiger partial charge is 0.350 e. The van der Waals surface area contributed by atoms with Gasteiger partial charge in [-0.15, -0.1) is 0 Å². The lowest BCUT2D eigenvalue weighted by Gasteiger charge is -2.24. The van der Waals surface area contributed by atoms with E-state index in [2.05, 4.69) is 39.4 Å². The van der Waals surface area contributed by atoms with Crippen LogP contribution in [0.2, 0.25) is 0 Å². The predicted molar refractivity (Wildman–Crippen MR) is 80.2 cm³/mol. The van der Waals surface area contributed by atoms with Gasteiger partial charge >= 0.3 is 0 Å². The minimum Gasteiger partial charge on any atom is -0.350 e. The number of nitrogens with one attached hydrogen (secondary N) is 2. The fourth-order valence-corrected chi connectivity index (χ4v) is 3.08. The Balaban J connectivity index is 1.81. The van der Waals surface area contributed by atoms with Crippen LogP contribution in [0.15, 0.2) is 0 Å². The minimum atomic E-state index is 0.301. The van der Waals surface area contributed by atoms with E-state index in [0.29, 0.717) is 23.9 Å². The highest BCUT2D eigenvalue weighted by Gasteiger charge is 2.39. The first-order chi connectivity index (χ1) is 9.52. The first-order valence-corrected chi connectivity index (χ1v) is 7.46. The monoisotopic (exact) mass is 276 g/mol. The molecule has 0 aromatic carbocycles. The second-order valence-corrected chi connectivity index (χ2v) is 6.47. The van der Waals surface area contributed by atoms with Crippen LogP contribution in [0.5, 0.6) is 0 Å². The van der Waals surface area contributed by atoms with Crippen LogP contribution < -0.4 is 15.5 Å². The quantitative estimate of drug-likeness (QED) is 0.862. The predicted octanol–water partition coefficient (Wildman–Crippen LogP) is 1.22. The van der Waals surface area contributed by atoms with Gasteiger partial charge in [-0.3, -0.25) is 0 Å². The molecular weight excluding hydrogens is 252 g/mol. The summed E-state index contributed by atoms with van der Waals surface area (Å²) in [6.45, 7) is 5.38. The second kappa shape index (κ2) is 5.16. The molecule has 1 aliphatic heterocycles. The van der Waals surface area contributed by atoms with Crippen molar-refractivity contribution in [2.45, 2.75) is 44.7 Å². The molecular formula is C14H24N6. The zero-order chi connectivity index (χ0) is 14.3. The van der Waals surface area contributed by atoms with Crippen molar-refractivity contribution in [3.8, 4) is 0 Å². The Kier molecular flexibility index (Phi) is 3.50. The number of aromatic nitrogens is 3. The molecule has 0 spiro atoms. The van der Waals surface area contributed by atoms with Crippen molar-refractivity contribution in [2.24, 2.45) is 5.92 Å². The average Bonchev–Trinajstić information content (AvgIpc) is 3.00. The molecule has 2 N–H and O–H groups in total. The average molecular weight is 276 g/mol. The van der Waals surface area contributed by atoms with E-state index in [1.807, 2.05) is 19.0 Å². The standard InChI is InChI=1S/C14H24N6/c1-8(2)12-17-13(19-14(18-12)20(3)4)16-11-6-9-5-10(11)15-7-9/h8-11,15H,5-7H2,1-4H3,(H,16,17,18,19)/t9-,10+,11-/m1/s1. The van der Waals surface area contributed by atoms with Crippen LogP contribution in [0.25, 0.3) is 0 Å². The number of piperidine rings is 1. The Hall–Kier alpha value is -1.43. The van der Waals surface area contributed by atoms with Crippen molar-refractivity contribution in [2.75, 3.05) is 30.9 Å². The summed E-state index contributed by atoms with van der Waals surface area (Å²) in [5, 5.41) is 7.07. The zero-order valence-electron chi connectivity index (χ0n) is 12.7. The Bertz CT molecular complexity index is 460. The molecule has 6 nitrogen and oxygen atoms in total. The smallest absolute Gasteiger partial charge is 0.229 e. The van der Waals surface area contributed by atoms with E-state index in [-0.39, 0.29) is 0 Å². The highest BCUT2D eigenvalue weighted by Crippen LogP contribution is 2.32. The van der Waals surface area contributed by atoms with Gasteiger partial charge in [0.25, 0.3) is 0 Å². The van der Waals surface area contributed by atoms with Crippen LogP contribution >= 0.6 is 0 Å². The number of hydrogen-bond acceptors (Lipinski definition) is 6. The molecule has 0 radical (unpaired) electrons. The van der Waals surface area contributed by atoms with Gasteiger partial charge in [0.1, 0.15) is 5.82 Å². The minimum absolute atomic E-state index is 0.301. The maximum atomic E-state index is 4.57. The molecule has 3 rings (SSSR count). The van der Waals surface area contributed by atoms with E-state index < -0.39 is 0 Å². The summed E-state index contributed by atoms with van der Waals surface area (Å²) >= 11 is 0. The van der Waals surface area contributed by atoms with Gasteiger partial charge in [-0.05, 0) is 25.3 Å². The second-order valence-electron chi connectivity index (χ2n) is 6.47. The Morgan fingerprint density at radius 2 is 2.00 bits per heavy atom. The van der Waals surface area contributed by atoms with Crippen molar-refractivity contribution in [3.05, 3.63) is 5.82 Å². The van der Waals surface area contributed by atoms with Crippen molar-refractivity contribution in [1.82, 2.24) is 20.3 Å². The topological polar surface area (TPSA) is 66.0 Å². The third-order valence-electron chi connectivity index (χ3n) is 4.20. The van der Waals surface area contributed by atoms with Crippen LogP contribution in [-0.2, 0) is 0 Å². The molecule has 0 amide bonds. The van der Waals surface area contributed by atoms with Crippen molar-refractivity contribution in [3.63, 3.8) is 0 Å². The number of anilines is 2. The molecule has 1 aliphatic carbocycles. The molecule has 20 heavy (non-hydrogen) atoms. The van der Waals surface area contributed by atoms with Gasteiger partial charge in [-0.25, -0.2) is 0 Å². The summed E-state index contributed by atoms with van der Waals surface area (Å²) in [6.07, 6.45) is 2.50. The summed E-state index contributed by atoms with van der Waals surface area (Å²) in [5.41, 5.74) is 0. The van der Waals surface area contributed by atoms with E-state index in [0.717, 1.165) is 17.7 Å². The molecule has 1 aromatic heterocycles. The fourth-order valence-electron chi connectivity index (χ4n) is 3.08. The maximum absolute atomic E-state index is 4.57. The van der Waals surface area contributed by atoms with Crippen LogP contribution in [0, 0.1) is 5.92 Å². The third kappa shape index (κ3) is 2.57. The van der Waals surface area contributed by atoms with E-state index in [9.17, 15) is 0 Å². The van der Waals surface area contributed by atoms with Gasteiger partial charge in [0.05, 0.1) is 0 Å². The van der Waals surface area contributed by atoms with E-state index in [1.54, 1.807) is 0 Å². The lowest BCUT2D eigenvalue weighted by atomic mass is 10.1. The summed E-state index contributed by atoms with van der Waals surface area (Å²) in [5.74, 6) is 3.41. The van der Waals surface area contributed by atoms with E-state index in [1.165, 1.54) is 19.4 Å². The van der Waals surface area contributed by atoms with Crippen LogP contribution in [-0.4, -0.2) is 47.7 Å². The Morgan fingerprint density at radius 1 is 1.20 bits per heavy atom. The molecule has 2 fully saturated rings. The normalized spacial score (nSPS) is 28.1. The van der Waals surface area contributed by atoms with Crippen molar-refractivity contribution < 1.29 is 0 Å². The lowest BCUT2D eigenvalue weighted by molar-refractivity contribution is 0.464. The number of hydrogen-bond donors (Lipinski definition) is 2. The Morgan fingerprint density at radius 3 is 2.55 bits per heavy atom. The number of fused-ring (bicyclic) bond motifs is 2. The summed E-state index contributed by atoms with van der Waals surface area (Å²) in [6, 6.07) is 1.02. The third-order valence-corrected chi connectivity index (χ3v) is 4.20. The van der Waals surface area contributed by atoms with Gasteiger partial charge in [-0.2, -0.15) is 15.0 Å². The first kappa shape index (κ1) is 13.5. The maximum Gasteiger partial charge on any atom is 0.229 e. The van der Waals surface area contributed by atoms with Gasteiger partial charge < -0.3 is 15.5 Å². The van der Waals surface area contributed by atoms with E-state index >= 15 is 0 Å². The molecule has 3 atom stereocenters. The molecule has 0 unspecified atom stereocenters. The molecule has 2 bridgehead atoms.